The summed E-state index contributed by atoms with van der Waals surface area (Å²) in [5, 5.41) is 10.4. The second kappa shape index (κ2) is 9.68. The van der Waals surface area contributed by atoms with E-state index >= 15 is 0 Å². The molecule has 0 saturated heterocycles. The quantitative estimate of drug-likeness (QED) is 0.186. The topological polar surface area (TPSA) is 16.4 Å². The number of furan rings is 1. The molecular formula is C43H27NOS. The Kier molecular flexibility index (Phi) is 4.80. The van der Waals surface area contributed by atoms with E-state index in [0.29, 0.717) is 22.1 Å². The number of fused-ring (bicyclic) bond motifs is 11. The summed E-state index contributed by atoms with van der Waals surface area (Å²) in [6.07, 6.45) is 0. The van der Waals surface area contributed by atoms with Crippen molar-refractivity contribution >= 4 is 103 Å². The zero-order valence-electron chi connectivity index (χ0n) is 27.6. The third-order valence-electron chi connectivity index (χ3n) is 9.33. The van der Waals surface area contributed by atoms with Gasteiger partial charge in [0.25, 0.3) is 0 Å². The van der Waals surface area contributed by atoms with E-state index in [1.807, 2.05) is 12.1 Å². The van der Waals surface area contributed by atoms with Gasteiger partial charge < -0.3 is 9.32 Å². The minimum absolute atomic E-state index is 0.291. The van der Waals surface area contributed by atoms with Crippen molar-refractivity contribution in [3.8, 4) is 0 Å². The molecule has 0 aliphatic rings. The van der Waals surface area contributed by atoms with Crippen LogP contribution in [-0.4, -0.2) is 0 Å². The Morgan fingerprint density at radius 1 is 0.522 bits per heavy atom. The van der Waals surface area contributed by atoms with Crippen LogP contribution >= 0.6 is 11.3 Å². The van der Waals surface area contributed by atoms with Gasteiger partial charge >= 0.3 is 0 Å². The molecular weight excluding hydrogens is 579 g/mol. The Bertz CT molecular complexity index is 2950. The highest BCUT2D eigenvalue weighted by molar-refractivity contribution is 7.25. The molecule has 0 bridgehead atoms. The van der Waals surface area contributed by atoms with Gasteiger partial charge in [-0.15, -0.1) is 11.3 Å². The van der Waals surface area contributed by atoms with E-state index < -0.39 is 6.85 Å². The smallest absolute Gasteiger partial charge is 0.143 e. The van der Waals surface area contributed by atoms with Crippen molar-refractivity contribution in [3.05, 3.63) is 151 Å². The van der Waals surface area contributed by atoms with Crippen LogP contribution in [0.1, 0.15) is 9.68 Å². The molecule has 2 nitrogen and oxygen atoms in total. The van der Waals surface area contributed by atoms with E-state index in [0.717, 1.165) is 44.0 Å². The van der Waals surface area contributed by atoms with Gasteiger partial charge in [0.15, 0.2) is 0 Å². The molecule has 0 atom stereocenters. The first-order valence-electron chi connectivity index (χ1n) is 16.9. The molecule has 0 aliphatic carbocycles. The second-order valence-corrected chi connectivity index (χ2v) is 13.0. The number of hydrogen-bond donors (Lipinski definition) is 0. The normalized spacial score (nSPS) is 13.3. The minimum Gasteiger partial charge on any atom is -0.455 e. The predicted molar refractivity (Wildman–Crippen MR) is 199 cm³/mol. The van der Waals surface area contributed by atoms with Crippen molar-refractivity contribution in [2.75, 3.05) is 4.90 Å². The van der Waals surface area contributed by atoms with Crippen molar-refractivity contribution in [2.24, 2.45) is 0 Å². The summed E-state index contributed by atoms with van der Waals surface area (Å²) < 4.78 is 34.2. The first-order chi connectivity index (χ1) is 23.9. The molecule has 46 heavy (non-hydrogen) atoms. The lowest BCUT2D eigenvalue weighted by Crippen LogP contribution is -2.11. The van der Waals surface area contributed by atoms with Crippen LogP contribution in [0, 0.1) is 6.85 Å². The van der Waals surface area contributed by atoms with E-state index in [9.17, 15) is 0 Å². The Morgan fingerprint density at radius 3 is 2.04 bits per heavy atom. The summed E-state index contributed by atoms with van der Waals surface area (Å²) in [4.78, 5) is 2.36. The maximum absolute atomic E-state index is 8.42. The van der Waals surface area contributed by atoms with Crippen molar-refractivity contribution in [1.82, 2.24) is 0 Å². The van der Waals surface area contributed by atoms with Crippen molar-refractivity contribution in [2.45, 2.75) is 6.85 Å². The second-order valence-electron chi connectivity index (χ2n) is 11.9. The standard InChI is InChI=1S/C43H27NOS/c1-26-11-10-19-39-42(26)36-25-38(32-16-6-7-18-34(32)43(36)45-39)44(28-21-22-41-35(24-28)33-17-8-9-20-40(33)46-41)37-23-27-12-2-3-13-29(27)30-14-4-5-15-31(30)37/h2-25H,1H3/i1D3. The summed E-state index contributed by atoms with van der Waals surface area (Å²) in [6.45, 7) is -2.30. The predicted octanol–water partition coefficient (Wildman–Crippen LogP) is 13.2. The van der Waals surface area contributed by atoms with E-state index in [4.69, 9.17) is 8.53 Å². The molecule has 0 spiro atoms. The van der Waals surface area contributed by atoms with Gasteiger partial charge in [0, 0.05) is 56.9 Å². The van der Waals surface area contributed by atoms with Gasteiger partial charge in [-0.3, -0.25) is 0 Å². The average molecular weight is 609 g/mol. The fourth-order valence-corrected chi connectivity index (χ4v) is 8.38. The first kappa shape index (κ1) is 22.8. The summed E-state index contributed by atoms with van der Waals surface area (Å²) in [7, 11) is 0. The number of aryl methyl sites for hydroxylation is 1. The fraction of sp³-hybridized carbons (Fsp3) is 0.0233. The molecule has 2 heterocycles. The molecule has 0 aliphatic heterocycles. The van der Waals surface area contributed by atoms with Gasteiger partial charge in [0.2, 0.25) is 0 Å². The highest BCUT2D eigenvalue weighted by Crippen LogP contribution is 2.48. The number of hydrogen-bond acceptors (Lipinski definition) is 3. The van der Waals surface area contributed by atoms with Crippen LogP contribution in [0.5, 0.6) is 0 Å². The van der Waals surface area contributed by atoms with E-state index in [1.54, 1.807) is 23.5 Å². The van der Waals surface area contributed by atoms with Gasteiger partial charge in [-0.05, 0) is 71.0 Å². The maximum Gasteiger partial charge on any atom is 0.143 e. The fourth-order valence-electron chi connectivity index (χ4n) is 7.29. The van der Waals surface area contributed by atoms with Gasteiger partial charge in [0.05, 0.1) is 11.4 Å². The largest absolute Gasteiger partial charge is 0.455 e. The lowest BCUT2D eigenvalue weighted by Gasteiger charge is -2.29. The Morgan fingerprint density at radius 2 is 1.20 bits per heavy atom. The van der Waals surface area contributed by atoms with Gasteiger partial charge in [-0.25, -0.2) is 0 Å². The number of nitrogens with zero attached hydrogens (tertiary/aromatic N) is 1. The van der Waals surface area contributed by atoms with E-state index in [1.165, 1.54) is 30.9 Å². The average Bonchev–Trinajstić information content (AvgIpc) is 3.70. The monoisotopic (exact) mass is 608 g/mol. The van der Waals surface area contributed by atoms with Crippen LogP contribution in [0.3, 0.4) is 0 Å². The Balaban J connectivity index is 1.38. The van der Waals surface area contributed by atoms with Crippen molar-refractivity contribution in [1.29, 1.82) is 0 Å². The number of anilines is 3. The molecule has 0 amide bonds. The number of rotatable bonds is 3. The van der Waals surface area contributed by atoms with Crippen LogP contribution in [0.4, 0.5) is 17.1 Å². The Hall–Kier alpha value is -5.64. The zero-order valence-corrected chi connectivity index (χ0v) is 25.4. The van der Waals surface area contributed by atoms with Crippen LogP contribution in [-0.2, 0) is 0 Å². The van der Waals surface area contributed by atoms with Gasteiger partial charge in [0.1, 0.15) is 11.2 Å². The third-order valence-corrected chi connectivity index (χ3v) is 10.5. The number of thiophene rings is 1. The maximum atomic E-state index is 8.42. The summed E-state index contributed by atoms with van der Waals surface area (Å²) in [5.41, 5.74) is 4.56. The Labute approximate surface area is 273 Å². The van der Waals surface area contributed by atoms with E-state index in [-0.39, 0.29) is 0 Å². The molecule has 10 rings (SSSR count). The highest BCUT2D eigenvalue weighted by Gasteiger charge is 2.23. The lowest BCUT2D eigenvalue weighted by molar-refractivity contribution is 0.672. The molecule has 0 radical (unpaired) electrons. The minimum atomic E-state index is -2.30. The molecule has 3 heteroatoms. The molecule has 0 fully saturated rings. The molecule has 2 aromatic heterocycles. The summed E-state index contributed by atoms with van der Waals surface area (Å²) in [6, 6.07) is 50.5. The molecule has 8 aromatic carbocycles. The zero-order chi connectivity index (χ0) is 32.9. The molecule has 0 saturated carbocycles. The molecule has 0 unspecified atom stereocenters. The first-order valence-corrected chi connectivity index (χ1v) is 16.2. The van der Waals surface area contributed by atoms with Crippen molar-refractivity contribution < 1.29 is 8.53 Å². The van der Waals surface area contributed by atoms with Crippen LogP contribution < -0.4 is 4.90 Å². The van der Waals surface area contributed by atoms with Gasteiger partial charge in [-0.2, -0.15) is 0 Å². The molecule has 10 aromatic rings. The SMILES string of the molecule is [2H]C([2H])([2H])c1cccc2oc3c4ccccc4c(N(c4ccc5sc6ccccc6c5c4)c4cc5ccccc5c5ccccc45)cc3c12. The highest BCUT2D eigenvalue weighted by atomic mass is 32.1. The van der Waals surface area contributed by atoms with Gasteiger partial charge in [-0.1, -0.05) is 103 Å². The number of benzene rings is 8. The van der Waals surface area contributed by atoms with Crippen LogP contribution in [0.2, 0.25) is 0 Å². The van der Waals surface area contributed by atoms with Crippen LogP contribution in [0.15, 0.2) is 150 Å². The van der Waals surface area contributed by atoms with E-state index in [2.05, 4.69) is 126 Å². The molecule has 216 valence electrons. The summed E-state index contributed by atoms with van der Waals surface area (Å²) in [5.74, 6) is 0. The third kappa shape index (κ3) is 3.64. The summed E-state index contributed by atoms with van der Waals surface area (Å²) >= 11 is 1.80. The molecule has 0 N–H and O–H groups in total. The van der Waals surface area contributed by atoms with Crippen molar-refractivity contribution in [3.63, 3.8) is 0 Å². The lowest BCUT2D eigenvalue weighted by atomic mass is 9.97. The van der Waals surface area contributed by atoms with Crippen LogP contribution in [0.25, 0.3) is 74.4 Å².